The normalized spacial score (nSPS) is 16.0. The first-order chi connectivity index (χ1) is 10.3. The number of rotatable bonds is 3. The van der Waals surface area contributed by atoms with Crippen LogP contribution in [0.3, 0.4) is 0 Å². The Morgan fingerprint density at radius 2 is 2.27 bits per heavy atom. The highest BCUT2D eigenvalue weighted by Crippen LogP contribution is 2.23. The average Bonchev–Trinajstić information content (AvgIpc) is 2.77. The number of nitrogens with zero attached hydrogens (tertiary/aromatic N) is 2. The Kier molecular flexibility index (Phi) is 5.23. The van der Waals surface area contributed by atoms with Crippen molar-refractivity contribution in [3.63, 3.8) is 0 Å². The lowest BCUT2D eigenvalue weighted by molar-refractivity contribution is -0.120. The number of amides is 2. The van der Waals surface area contributed by atoms with Crippen molar-refractivity contribution in [1.29, 1.82) is 0 Å². The van der Waals surface area contributed by atoms with E-state index in [0.717, 1.165) is 16.6 Å². The molecule has 2 amide bonds. The molecule has 122 valence electrons. The van der Waals surface area contributed by atoms with Crippen molar-refractivity contribution in [2.45, 2.75) is 39.3 Å². The number of hydrogen-bond donors (Lipinski definition) is 2. The van der Waals surface area contributed by atoms with Crippen molar-refractivity contribution in [2.24, 2.45) is 0 Å². The molecule has 0 aromatic carbocycles. The maximum atomic E-state index is 11.6. The SMILES string of the molecule is CC(C)(C)OC(=O)NCc1cnc(N2CCNC(=O)CC2)s1. The predicted octanol–water partition coefficient (Wildman–Crippen LogP) is 1.49. The van der Waals surface area contributed by atoms with E-state index in [0.29, 0.717) is 26.1 Å². The third-order valence-corrected chi connectivity index (χ3v) is 3.99. The molecule has 1 aromatic rings. The second-order valence-electron chi connectivity index (χ2n) is 6.05. The third kappa shape index (κ3) is 5.18. The second-order valence-corrected chi connectivity index (χ2v) is 7.15. The molecule has 0 aliphatic carbocycles. The number of alkyl carbamates (subject to hydrolysis) is 1. The Morgan fingerprint density at radius 1 is 1.50 bits per heavy atom. The van der Waals surface area contributed by atoms with Gasteiger partial charge in [-0.2, -0.15) is 0 Å². The number of hydrogen-bond acceptors (Lipinski definition) is 6. The number of ether oxygens (including phenoxy) is 1. The highest BCUT2D eigenvalue weighted by atomic mass is 32.1. The van der Waals surface area contributed by atoms with Crippen LogP contribution in [0.1, 0.15) is 32.1 Å². The molecule has 22 heavy (non-hydrogen) atoms. The Labute approximate surface area is 134 Å². The summed E-state index contributed by atoms with van der Waals surface area (Å²) in [5.74, 6) is 0.0749. The summed E-state index contributed by atoms with van der Waals surface area (Å²) >= 11 is 1.52. The minimum absolute atomic E-state index is 0.0749. The number of anilines is 1. The largest absolute Gasteiger partial charge is 0.444 e. The summed E-state index contributed by atoms with van der Waals surface area (Å²) in [6.45, 7) is 7.90. The van der Waals surface area contributed by atoms with E-state index in [2.05, 4.69) is 20.5 Å². The molecule has 1 aliphatic heterocycles. The predicted molar refractivity (Wildman–Crippen MR) is 85.0 cm³/mol. The standard InChI is InChI=1S/C14H22N4O3S/c1-14(2,3)21-13(20)17-9-10-8-16-12(22-10)18-6-4-11(19)15-5-7-18/h8H,4-7,9H2,1-3H3,(H,15,19)(H,17,20). The summed E-state index contributed by atoms with van der Waals surface area (Å²) in [7, 11) is 0. The van der Waals surface area contributed by atoms with E-state index < -0.39 is 11.7 Å². The molecule has 2 N–H and O–H groups in total. The van der Waals surface area contributed by atoms with E-state index in [4.69, 9.17) is 4.74 Å². The van der Waals surface area contributed by atoms with Crippen molar-refractivity contribution in [3.05, 3.63) is 11.1 Å². The monoisotopic (exact) mass is 326 g/mol. The van der Waals surface area contributed by atoms with Crippen LogP contribution in [0.4, 0.5) is 9.93 Å². The summed E-state index contributed by atoms with van der Waals surface area (Å²) < 4.78 is 5.19. The Balaban J connectivity index is 1.86. The molecule has 0 radical (unpaired) electrons. The van der Waals surface area contributed by atoms with Gasteiger partial charge in [-0.15, -0.1) is 11.3 Å². The van der Waals surface area contributed by atoms with Gasteiger partial charge in [-0.25, -0.2) is 9.78 Å². The van der Waals surface area contributed by atoms with Gasteiger partial charge in [-0.1, -0.05) is 0 Å². The lowest BCUT2D eigenvalue weighted by Crippen LogP contribution is -2.31. The Bertz CT molecular complexity index is 538. The minimum Gasteiger partial charge on any atom is -0.444 e. The maximum absolute atomic E-state index is 11.6. The minimum atomic E-state index is -0.505. The van der Waals surface area contributed by atoms with Crippen LogP contribution in [0.25, 0.3) is 0 Å². The van der Waals surface area contributed by atoms with Crippen LogP contribution in [0.5, 0.6) is 0 Å². The summed E-state index contributed by atoms with van der Waals surface area (Å²) in [4.78, 5) is 30.4. The highest BCUT2D eigenvalue weighted by molar-refractivity contribution is 7.15. The number of aromatic nitrogens is 1. The van der Waals surface area contributed by atoms with Gasteiger partial charge in [0.15, 0.2) is 5.13 Å². The number of thiazole rings is 1. The lowest BCUT2D eigenvalue weighted by Gasteiger charge is -2.19. The van der Waals surface area contributed by atoms with Crippen LogP contribution in [0.15, 0.2) is 6.20 Å². The molecule has 8 heteroatoms. The van der Waals surface area contributed by atoms with E-state index >= 15 is 0 Å². The van der Waals surface area contributed by atoms with E-state index in [-0.39, 0.29) is 5.91 Å². The van der Waals surface area contributed by atoms with Gasteiger partial charge < -0.3 is 20.3 Å². The summed E-state index contributed by atoms with van der Waals surface area (Å²) in [5, 5.41) is 6.42. The number of carbonyl (C=O) groups excluding carboxylic acids is 2. The summed E-state index contributed by atoms with van der Waals surface area (Å²) in [6.07, 6.45) is 1.79. The van der Waals surface area contributed by atoms with Crippen molar-refractivity contribution >= 4 is 28.5 Å². The number of carbonyl (C=O) groups is 2. The molecule has 1 aromatic heterocycles. The fourth-order valence-corrected chi connectivity index (χ4v) is 2.86. The van der Waals surface area contributed by atoms with Gasteiger partial charge in [-0.3, -0.25) is 4.79 Å². The van der Waals surface area contributed by atoms with Crippen LogP contribution >= 0.6 is 11.3 Å². The molecule has 2 heterocycles. The molecule has 0 saturated carbocycles. The zero-order chi connectivity index (χ0) is 16.2. The molecule has 1 aliphatic rings. The molecule has 0 unspecified atom stereocenters. The molecule has 7 nitrogen and oxygen atoms in total. The molecule has 1 fully saturated rings. The van der Waals surface area contributed by atoms with Gasteiger partial charge in [0.05, 0.1) is 6.54 Å². The Morgan fingerprint density at radius 3 is 3.00 bits per heavy atom. The lowest BCUT2D eigenvalue weighted by atomic mass is 10.2. The molecule has 0 atom stereocenters. The maximum Gasteiger partial charge on any atom is 0.407 e. The quantitative estimate of drug-likeness (QED) is 0.879. The van der Waals surface area contributed by atoms with Crippen LogP contribution < -0.4 is 15.5 Å². The van der Waals surface area contributed by atoms with E-state index in [9.17, 15) is 9.59 Å². The van der Waals surface area contributed by atoms with Crippen molar-refractivity contribution in [3.8, 4) is 0 Å². The summed E-state index contributed by atoms with van der Waals surface area (Å²) in [5.41, 5.74) is -0.505. The van der Waals surface area contributed by atoms with Crippen molar-refractivity contribution in [2.75, 3.05) is 24.5 Å². The molecule has 0 bridgehead atoms. The van der Waals surface area contributed by atoms with E-state index in [1.165, 1.54) is 11.3 Å². The molecule has 1 saturated heterocycles. The van der Waals surface area contributed by atoms with E-state index in [1.54, 1.807) is 6.20 Å². The third-order valence-electron chi connectivity index (χ3n) is 2.93. The first-order valence-electron chi connectivity index (χ1n) is 7.27. The van der Waals surface area contributed by atoms with Gasteiger partial charge in [-0.05, 0) is 20.8 Å². The average molecular weight is 326 g/mol. The second kappa shape index (κ2) is 6.95. The van der Waals surface area contributed by atoms with Crippen LogP contribution in [-0.2, 0) is 16.1 Å². The van der Waals surface area contributed by atoms with Gasteiger partial charge in [0, 0.05) is 37.1 Å². The highest BCUT2D eigenvalue weighted by Gasteiger charge is 2.18. The topological polar surface area (TPSA) is 83.6 Å². The molecular weight excluding hydrogens is 304 g/mol. The summed E-state index contributed by atoms with van der Waals surface area (Å²) in [6, 6.07) is 0. The molecule has 0 spiro atoms. The zero-order valence-corrected chi connectivity index (χ0v) is 14.0. The fourth-order valence-electron chi connectivity index (χ4n) is 1.96. The van der Waals surface area contributed by atoms with Crippen molar-refractivity contribution < 1.29 is 14.3 Å². The first-order valence-corrected chi connectivity index (χ1v) is 8.08. The van der Waals surface area contributed by atoms with Gasteiger partial charge >= 0.3 is 6.09 Å². The zero-order valence-electron chi connectivity index (χ0n) is 13.1. The van der Waals surface area contributed by atoms with Gasteiger partial charge in [0.1, 0.15) is 5.60 Å². The van der Waals surface area contributed by atoms with Crippen molar-refractivity contribution in [1.82, 2.24) is 15.6 Å². The van der Waals surface area contributed by atoms with Crippen LogP contribution in [0, 0.1) is 0 Å². The molecule has 2 rings (SSSR count). The fraction of sp³-hybridized carbons (Fsp3) is 0.643. The van der Waals surface area contributed by atoms with Crippen LogP contribution in [0.2, 0.25) is 0 Å². The first kappa shape index (κ1) is 16.5. The number of nitrogens with one attached hydrogen (secondary N) is 2. The Hall–Kier alpha value is -1.83. The van der Waals surface area contributed by atoms with E-state index in [1.807, 2.05) is 20.8 Å². The van der Waals surface area contributed by atoms with Gasteiger partial charge in [0.25, 0.3) is 0 Å². The molecular formula is C14H22N4O3S. The van der Waals surface area contributed by atoms with Crippen LogP contribution in [-0.4, -0.2) is 42.2 Å². The smallest absolute Gasteiger partial charge is 0.407 e. The van der Waals surface area contributed by atoms with Gasteiger partial charge in [0.2, 0.25) is 5.91 Å².